The topological polar surface area (TPSA) is 85.7 Å². The number of benzene rings is 1. The van der Waals surface area contributed by atoms with Crippen LogP contribution in [0, 0.1) is 0 Å². The highest BCUT2D eigenvalue weighted by molar-refractivity contribution is 5.92. The Hall–Kier alpha value is -2.71. The van der Waals surface area contributed by atoms with Gasteiger partial charge in [-0.3, -0.25) is 9.59 Å². The van der Waals surface area contributed by atoms with Crippen molar-refractivity contribution >= 4 is 5.91 Å². The molecule has 0 aliphatic rings. The molecule has 2 rings (SSSR count). The highest BCUT2D eigenvalue weighted by atomic mass is 16.5. The number of ether oxygens (including phenoxy) is 2. The quantitative estimate of drug-likeness (QED) is 0.703. The van der Waals surface area contributed by atoms with Gasteiger partial charge in [0.25, 0.3) is 11.5 Å². The first-order valence-electron chi connectivity index (χ1n) is 8.62. The number of rotatable bonds is 9. The molecule has 0 saturated carbocycles. The normalized spacial score (nSPS) is 12.0. The molecule has 1 unspecified atom stereocenters. The Bertz CT molecular complexity index is 802. The maximum absolute atomic E-state index is 12.5. The second kappa shape index (κ2) is 9.84. The van der Waals surface area contributed by atoms with E-state index in [-0.39, 0.29) is 23.2 Å². The number of hydrogen-bond donors (Lipinski definition) is 1. The fourth-order valence-corrected chi connectivity index (χ4v) is 2.61. The molecule has 8 nitrogen and oxygen atoms in total. The third-order valence-corrected chi connectivity index (χ3v) is 4.19. The van der Waals surface area contributed by atoms with Gasteiger partial charge in [0.1, 0.15) is 11.4 Å². The van der Waals surface area contributed by atoms with Gasteiger partial charge in [-0.1, -0.05) is 12.1 Å². The Labute approximate surface area is 158 Å². The van der Waals surface area contributed by atoms with Crippen molar-refractivity contribution in [3.63, 3.8) is 0 Å². The van der Waals surface area contributed by atoms with Crippen molar-refractivity contribution in [2.24, 2.45) is 0 Å². The molecule has 2 aromatic rings. The number of nitrogens with one attached hydrogen (secondary N) is 1. The Balaban J connectivity index is 2.08. The van der Waals surface area contributed by atoms with Gasteiger partial charge >= 0.3 is 0 Å². The molecule has 1 aromatic heterocycles. The van der Waals surface area contributed by atoms with E-state index in [4.69, 9.17) is 9.47 Å². The van der Waals surface area contributed by atoms with Gasteiger partial charge < -0.3 is 19.7 Å². The first-order chi connectivity index (χ1) is 13.0. The van der Waals surface area contributed by atoms with Crippen LogP contribution in [0.5, 0.6) is 5.75 Å². The van der Waals surface area contributed by atoms with Gasteiger partial charge in [0, 0.05) is 19.7 Å². The summed E-state index contributed by atoms with van der Waals surface area (Å²) in [6, 6.07) is 10.5. The van der Waals surface area contributed by atoms with Crippen molar-refractivity contribution in [3.05, 3.63) is 58.0 Å². The highest BCUT2D eigenvalue weighted by Crippen LogP contribution is 2.20. The Morgan fingerprint density at radius 3 is 2.48 bits per heavy atom. The van der Waals surface area contributed by atoms with Crippen LogP contribution in [0.3, 0.4) is 0 Å². The number of carbonyl (C=O) groups excluding carboxylic acids is 1. The molecule has 0 fully saturated rings. The van der Waals surface area contributed by atoms with E-state index < -0.39 is 0 Å². The van der Waals surface area contributed by atoms with E-state index in [9.17, 15) is 9.59 Å². The van der Waals surface area contributed by atoms with Crippen LogP contribution in [0.1, 0.15) is 22.1 Å². The molecule has 1 heterocycles. The Morgan fingerprint density at radius 1 is 1.19 bits per heavy atom. The second-order valence-electron chi connectivity index (χ2n) is 6.24. The first-order valence-corrected chi connectivity index (χ1v) is 8.62. The van der Waals surface area contributed by atoms with E-state index in [1.807, 2.05) is 43.3 Å². The van der Waals surface area contributed by atoms with Crippen LogP contribution in [0.2, 0.25) is 0 Å². The number of methoxy groups -OCH3 is 2. The molecular weight excluding hydrogens is 348 g/mol. The molecule has 146 valence electrons. The van der Waals surface area contributed by atoms with Crippen molar-refractivity contribution in [1.82, 2.24) is 20.0 Å². The van der Waals surface area contributed by atoms with Gasteiger partial charge in [-0.2, -0.15) is 5.10 Å². The maximum Gasteiger partial charge on any atom is 0.271 e. The van der Waals surface area contributed by atoms with Crippen LogP contribution in [0.25, 0.3) is 0 Å². The van der Waals surface area contributed by atoms with E-state index in [0.29, 0.717) is 19.7 Å². The van der Waals surface area contributed by atoms with Crippen LogP contribution < -0.4 is 15.6 Å². The third-order valence-electron chi connectivity index (χ3n) is 4.19. The summed E-state index contributed by atoms with van der Waals surface area (Å²) >= 11 is 0. The predicted molar refractivity (Wildman–Crippen MR) is 102 cm³/mol. The van der Waals surface area contributed by atoms with Crippen LogP contribution >= 0.6 is 0 Å². The zero-order valence-electron chi connectivity index (χ0n) is 16.1. The minimum atomic E-state index is -0.332. The zero-order chi connectivity index (χ0) is 19.8. The maximum atomic E-state index is 12.5. The standard InChI is InChI=1S/C19H26N4O4/c1-22(2)17(14-5-7-15(27-4)8-6-14)13-20-19(25)16-9-10-18(24)23(21-16)11-12-26-3/h5-10,17H,11-13H2,1-4H3,(H,20,25). The molecule has 0 bridgehead atoms. The smallest absolute Gasteiger partial charge is 0.271 e. The highest BCUT2D eigenvalue weighted by Gasteiger charge is 2.17. The lowest BCUT2D eigenvalue weighted by Crippen LogP contribution is -2.36. The van der Waals surface area contributed by atoms with E-state index in [0.717, 1.165) is 11.3 Å². The number of hydrogen-bond acceptors (Lipinski definition) is 6. The van der Waals surface area contributed by atoms with Crippen molar-refractivity contribution in [1.29, 1.82) is 0 Å². The number of carbonyl (C=O) groups is 1. The number of likely N-dealkylation sites (N-methyl/N-ethyl adjacent to an activating group) is 1. The van der Waals surface area contributed by atoms with Gasteiger partial charge in [-0.15, -0.1) is 0 Å². The van der Waals surface area contributed by atoms with Gasteiger partial charge in [-0.25, -0.2) is 4.68 Å². The molecule has 1 aromatic carbocycles. The monoisotopic (exact) mass is 374 g/mol. The van der Waals surface area contributed by atoms with Crippen molar-refractivity contribution in [2.45, 2.75) is 12.6 Å². The summed E-state index contributed by atoms with van der Waals surface area (Å²) in [5.74, 6) is 0.448. The number of aromatic nitrogens is 2. The van der Waals surface area contributed by atoms with Crippen molar-refractivity contribution < 1.29 is 14.3 Å². The van der Waals surface area contributed by atoms with Crippen molar-refractivity contribution in [2.75, 3.05) is 41.5 Å². The summed E-state index contributed by atoms with van der Waals surface area (Å²) in [6.45, 7) is 1.04. The zero-order valence-corrected chi connectivity index (χ0v) is 16.1. The minimum Gasteiger partial charge on any atom is -0.497 e. The fraction of sp³-hybridized carbons (Fsp3) is 0.421. The average Bonchev–Trinajstić information content (AvgIpc) is 2.67. The molecule has 0 aliphatic heterocycles. The molecule has 1 amide bonds. The van der Waals surface area contributed by atoms with Crippen molar-refractivity contribution in [3.8, 4) is 5.75 Å². The van der Waals surface area contributed by atoms with Crippen LogP contribution in [0.15, 0.2) is 41.2 Å². The fourth-order valence-electron chi connectivity index (χ4n) is 2.61. The minimum absolute atomic E-state index is 0.0146. The molecular formula is C19H26N4O4. The summed E-state index contributed by atoms with van der Waals surface area (Å²) in [7, 11) is 7.06. The lowest BCUT2D eigenvalue weighted by molar-refractivity contribution is 0.0933. The second-order valence-corrected chi connectivity index (χ2v) is 6.24. The van der Waals surface area contributed by atoms with Gasteiger partial charge in [0.05, 0.1) is 26.3 Å². The molecule has 1 atom stereocenters. The van der Waals surface area contributed by atoms with E-state index in [2.05, 4.69) is 10.4 Å². The molecule has 1 N–H and O–H groups in total. The summed E-state index contributed by atoms with van der Waals surface area (Å²) in [5.41, 5.74) is 0.977. The molecule has 0 saturated heterocycles. The van der Waals surface area contributed by atoms with Gasteiger partial charge in [0.2, 0.25) is 0 Å². The summed E-state index contributed by atoms with van der Waals surface area (Å²) < 4.78 is 11.4. The molecule has 0 radical (unpaired) electrons. The lowest BCUT2D eigenvalue weighted by Gasteiger charge is -2.25. The first kappa shape index (κ1) is 20.6. The van der Waals surface area contributed by atoms with E-state index in [1.165, 1.54) is 16.8 Å². The molecule has 8 heteroatoms. The van der Waals surface area contributed by atoms with Crippen LogP contribution in [-0.4, -0.2) is 62.1 Å². The van der Waals surface area contributed by atoms with Gasteiger partial charge in [0.15, 0.2) is 0 Å². The van der Waals surface area contributed by atoms with E-state index in [1.54, 1.807) is 14.2 Å². The van der Waals surface area contributed by atoms with Crippen LogP contribution in [0.4, 0.5) is 0 Å². The number of nitrogens with zero attached hydrogens (tertiary/aromatic N) is 3. The Kier molecular flexibility index (Phi) is 7.51. The summed E-state index contributed by atoms with van der Waals surface area (Å²) in [6.07, 6.45) is 0. The lowest BCUT2D eigenvalue weighted by atomic mass is 10.1. The summed E-state index contributed by atoms with van der Waals surface area (Å²) in [5, 5.41) is 7.00. The van der Waals surface area contributed by atoms with Gasteiger partial charge in [-0.05, 0) is 37.9 Å². The van der Waals surface area contributed by atoms with E-state index >= 15 is 0 Å². The largest absolute Gasteiger partial charge is 0.497 e. The molecule has 27 heavy (non-hydrogen) atoms. The van der Waals surface area contributed by atoms with Crippen LogP contribution in [-0.2, 0) is 11.3 Å². The Morgan fingerprint density at radius 2 is 1.89 bits per heavy atom. The average molecular weight is 374 g/mol. The summed E-state index contributed by atoms with van der Waals surface area (Å²) in [4.78, 5) is 26.3. The molecule has 0 aliphatic carbocycles. The number of amides is 1. The SMILES string of the molecule is COCCn1nc(C(=O)NCC(c2ccc(OC)cc2)N(C)C)ccc1=O. The molecule has 0 spiro atoms. The third kappa shape index (κ3) is 5.63. The predicted octanol–water partition coefficient (Wildman–Crippen LogP) is 0.931.